The predicted molar refractivity (Wildman–Crippen MR) is 96.2 cm³/mol. The topological polar surface area (TPSA) is 31.6 Å². The van der Waals surface area contributed by atoms with Gasteiger partial charge in [0.1, 0.15) is 0 Å². The summed E-state index contributed by atoms with van der Waals surface area (Å²) < 4.78 is 1.88. The summed E-state index contributed by atoms with van der Waals surface area (Å²) in [4.78, 5) is 4.32. The van der Waals surface area contributed by atoms with E-state index < -0.39 is 0 Å². The average molecular weight is 307 g/mol. The van der Waals surface area contributed by atoms with Crippen LogP contribution in [0.4, 0.5) is 11.4 Å². The van der Waals surface area contributed by atoms with Crippen LogP contribution in [0.3, 0.4) is 0 Å². The summed E-state index contributed by atoms with van der Waals surface area (Å²) in [5.74, 6) is 0.301. The molecule has 0 bridgehead atoms. The van der Waals surface area contributed by atoms with Crippen molar-refractivity contribution in [1.29, 1.82) is 0 Å². The molecule has 0 fully saturated rings. The third kappa shape index (κ3) is 2.13. The van der Waals surface area contributed by atoms with Gasteiger partial charge >= 0.3 is 0 Å². The molecule has 2 aromatic carbocycles. The number of nitrogens with zero attached hydrogens (tertiary/aromatic N) is 3. The van der Waals surface area contributed by atoms with Crippen molar-refractivity contribution in [3.05, 3.63) is 48.2 Å². The van der Waals surface area contributed by atoms with Gasteiger partial charge in [-0.3, -0.25) is 4.57 Å². The van der Waals surface area contributed by atoms with Crippen molar-refractivity contribution in [3.63, 3.8) is 0 Å². The van der Waals surface area contributed by atoms with Crippen LogP contribution in [0.25, 0.3) is 16.5 Å². The fourth-order valence-corrected chi connectivity index (χ4v) is 3.36. The Bertz CT molecular complexity index is 895. The monoisotopic (exact) mass is 307 g/mol. The molecule has 4 rings (SSSR count). The Balaban J connectivity index is 1.85. The molecule has 118 valence electrons. The lowest BCUT2D eigenvalue weighted by atomic mass is 10.1. The van der Waals surface area contributed by atoms with Crippen molar-refractivity contribution in [2.45, 2.75) is 6.42 Å². The first kappa shape index (κ1) is 14.0. The van der Waals surface area contributed by atoms with E-state index in [1.807, 2.05) is 35.8 Å². The van der Waals surface area contributed by atoms with Crippen LogP contribution in [0.1, 0.15) is 5.56 Å². The molecule has 3 aromatic rings. The zero-order valence-corrected chi connectivity index (χ0v) is 13.7. The van der Waals surface area contributed by atoms with Gasteiger partial charge in [-0.15, -0.1) is 0 Å². The Kier molecular flexibility index (Phi) is 3.01. The quantitative estimate of drug-likeness (QED) is 0.787. The highest BCUT2D eigenvalue weighted by Gasteiger charge is 2.17. The smallest absolute Gasteiger partial charge is 0.203 e. The standard InChI is InChI=1S/C19H21N3O/c1-20(2)15-5-4-14-12-22(19(23)17(14)11-15)16-6-7-18-13(10-16)8-9-21(18)3/h4-7,10-12,23H,8-9H2,1-3H3. The summed E-state index contributed by atoms with van der Waals surface area (Å²) in [6.45, 7) is 1.06. The molecule has 0 aliphatic carbocycles. The summed E-state index contributed by atoms with van der Waals surface area (Å²) in [6.07, 6.45) is 3.07. The SMILES string of the molecule is CN(C)c1ccc2cn(-c3ccc4c(c3)CCN4C)c(O)c2c1. The van der Waals surface area contributed by atoms with Crippen molar-refractivity contribution in [1.82, 2.24) is 4.57 Å². The Hall–Kier alpha value is -2.62. The van der Waals surface area contributed by atoms with Gasteiger partial charge in [0.05, 0.1) is 0 Å². The molecular weight excluding hydrogens is 286 g/mol. The molecule has 0 unspecified atom stereocenters. The number of benzene rings is 2. The maximum Gasteiger partial charge on any atom is 0.203 e. The van der Waals surface area contributed by atoms with Crippen LogP contribution in [0.15, 0.2) is 42.6 Å². The van der Waals surface area contributed by atoms with Gasteiger partial charge in [0.25, 0.3) is 0 Å². The second-order valence-corrected chi connectivity index (χ2v) is 6.47. The molecule has 1 aromatic heterocycles. The number of hydrogen-bond acceptors (Lipinski definition) is 3. The Labute approximate surface area is 136 Å². The van der Waals surface area contributed by atoms with Crippen LogP contribution in [0.5, 0.6) is 5.88 Å². The Morgan fingerprint density at radius 3 is 2.70 bits per heavy atom. The van der Waals surface area contributed by atoms with Gasteiger partial charge in [-0.25, -0.2) is 0 Å². The van der Waals surface area contributed by atoms with Gasteiger partial charge in [-0.1, -0.05) is 6.07 Å². The van der Waals surface area contributed by atoms with Gasteiger partial charge in [-0.2, -0.15) is 0 Å². The molecule has 1 aliphatic heterocycles. The fraction of sp³-hybridized carbons (Fsp3) is 0.263. The minimum atomic E-state index is 0.301. The maximum absolute atomic E-state index is 10.7. The highest BCUT2D eigenvalue weighted by atomic mass is 16.3. The van der Waals surface area contributed by atoms with Crippen LogP contribution < -0.4 is 9.80 Å². The number of aromatic hydroxyl groups is 1. The number of hydrogen-bond donors (Lipinski definition) is 1. The molecule has 2 heterocycles. The van der Waals surface area contributed by atoms with Crippen molar-refractivity contribution >= 4 is 22.1 Å². The molecule has 0 spiro atoms. The number of anilines is 2. The van der Waals surface area contributed by atoms with Crippen molar-refractivity contribution < 1.29 is 5.11 Å². The van der Waals surface area contributed by atoms with E-state index in [1.165, 1.54) is 11.3 Å². The number of fused-ring (bicyclic) bond motifs is 2. The summed E-state index contributed by atoms with van der Waals surface area (Å²) in [5, 5.41) is 12.6. The molecule has 1 aliphatic rings. The van der Waals surface area contributed by atoms with Crippen LogP contribution in [-0.2, 0) is 6.42 Å². The lowest BCUT2D eigenvalue weighted by Crippen LogP contribution is -2.12. The van der Waals surface area contributed by atoms with Crippen LogP contribution >= 0.6 is 0 Å². The highest BCUT2D eigenvalue weighted by molar-refractivity contribution is 5.91. The molecule has 0 saturated carbocycles. The number of likely N-dealkylation sites (N-methyl/N-ethyl adjacent to an activating group) is 1. The van der Waals surface area contributed by atoms with Crippen LogP contribution in [-0.4, -0.2) is 37.4 Å². The van der Waals surface area contributed by atoms with Gasteiger partial charge in [-0.05, 0) is 42.3 Å². The van der Waals surface area contributed by atoms with Crippen molar-refractivity contribution in [2.24, 2.45) is 0 Å². The lowest BCUT2D eigenvalue weighted by molar-refractivity contribution is 0.448. The normalized spacial score (nSPS) is 13.6. The van der Waals surface area contributed by atoms with Crippen molar-refractivity contribution in [3.8, 4) is 11.6 Å². The van der Waals surface area contributed by atoms with Crippen LogP contribution in [0, 0.1) is 0 Å². The fourth-order valence-electron chi connectivity index (χ4n) is 3.36. The third-order valence-corrected chi connectivity index (χ3v) is 4.76. The summed E-state index contributed by atoms with van der Waals surface area (Å²) >= 11 is 0. The molecule has 4 heteroatoms. The zero-order valence-electron chi connectivity index (χ0n) is 13.7. The molecule has 4 nitrogen and oxygen atoms in total. The van der Waals surface area contributed by atoms with E-state index in [0.29, 0.717) is 5.88 Å². The van der Waals surface area contributed by atoms with Gasteiger partial charge in [0, 0.05) is 61.7 Å². The largest absolute Gasteiger partial charge is 0.494 e. The van der Waals surface area contributed by atoms with Gasteiger partial charge in [0.2, 0.25) is 5.88 Å². The predicted octanol–water partition coefficient (Wildman–Crippen LogP) is 3.39. The highest BCUT2D eigenvalue weighted by Crippen LogP contribution is 2.35. The van der Waals surface area contributed by atoms with Crippen molar-refractivity contribution in [2.75, 3.05) is 37.5 Å². The van der Waals surface area contributed by atoms with E-state index >= 15 is 0 Å². The summed E-state index contributed by atoms with van der Waals surface area (Å²) in [6, 6.07) is 12.6. The summed E-state index contributed by atoms with van der Waals surface area (Å²) in [7, 11) is 6.13. The molecule has 0 radical (unpaired) electrons. The number of rotatable bonds is 2. The first-order valence-electron chi connectivity index (χ1n) is 7.90. The van der Waals surface area contributed by atoms with E-state index in [-0.39, 0.29) is 0 Å². The molecular formula is C19H21N3O. The molecule has 0 atom stereocenters. The van der Waals surface area contributed by atoms with Gasteiger partial charge in [0.15, 0.2) is 0 Å². The van der Waals surface area contributed by atoms with Crippen LogP contribution in [0.2, 0.25) is 0 Å². The van der Waals surface area contributed by atoms with E-state index in [1.54, 1.807) is 0 Å². The average Bonchev–Trinajstić information content (AvgIpc) is 3.08. The minimum Gasteiger partial charge on any atom is -0.494 e. The first-order valence-corrected chi connectivity index (χ1v) is 7.90. The number of aromatic nitrogens is 1. The van der Waals surface area contributed by atoms with E-state index in [4.69, 9.17) is 0 Å². The van der Waals surface area contributed by atoms with E-state index in [2.05, 4.69) is 42.3 Å². The van der Waals surface area contributed by atoms with E-state index in [9.17, 15) is 5.11 Å². The molecule has 0 saturated heterocycles. The second kappa shape index (κ2) is 4.95. The Morgan fingerprint density at radius 1 is 1.09 bits per heavy atom. The summed E-state index contributed by atoms with van der Waals surface area (Å²) in [5.41, 5.74) is 4.73. The maximum atomic E-state index is 10.7. The molecule has 23 heavy (non-hydrogen) atoms. The van der Waals surface area contributed by atoms with E-state index in [0.717, 1.165) is 35.1 Å². The second-order valence-electron chi connectivity index (χ2n) is 6.47. The Morgan fingerprint density at radius 2 is 1.91 bits per heavy atom. The third-order valence-electron chi connectivity index (χ3n) is 4.76. The minimum absolute atomic E-state index is 0.301. The molecule has 1 N–H and O–H groups in total. The lowest BCUT2D eigenvalue weighted by Gasteiger charge is -2.13. The zero-order chi connectivity index (χ0) is 16.1. The van der Waals surface area contributed by atoms with Gasteiger partial charge < -0.3 is 14.9 Å². The molecule has 0 amide bonds. The first-order chi connectivity index (χ1) is 11.0.